The molecule has 1 aromatic carbocycles. The summed E-state index contributed by atoms with van der Waals surface area (Å²) in [5.41, 5.74) is 8.25. The molecule has 1 aromatic rings. The van der Waals surface area contributed by atoms with Crippen molar-refractivity contribution < 1.29 is 0 Å². The lowest BCUT2D eigenvalue weighted by atomic mass is 10.2. The van der Waals surface area contributed by atoms with Crippen LogP contribution in [0.15, 0.2) is 23.1 Å². The Hall–Kier alpha value is -0.470. The molecule has 0 saturated carbocycles. The minimum Gasteiger partial charge on any atom is -0.329 e. The van der Waals surface area contributed by atoms with Crippen molar-refractivity contribution in [3.63, 3.8) is 0 Å². The minimum atomic E-state index is 0.500. The van der Waals surface area contributed by atoms with Crippen molar-refractivity contribution in [2.75, 3.05) is 6.54 Å². The van der Waals surface area contributed by atoms with E-state index in [1.807, 2.05) is 11.8 Å². The van der Waals surface area contributed by atoms with Gasteiger partial charge in [0.2, 0.25) is 0 Å². The van der Waals surface area contributed by atoms with Crippen LogP contribution in [-0.4, -0.2) is 11.8 Å². The van der Waals surface area contributed by atoms with Gasteiger partial charge in [0, 0.05) is 16.7 Å². The summed E-state index contributed by atoms with van der Waals surface area (Å²) in [5, 5.41) is 0.500. The Bertz CT molecular complexity index is 283. The monoisotopic (exact) mass is 195 g/mol. The van der Waals surface area contributed by atoms with Gasteiger partial charge in [-0.05, 0) is 25.5 Å². The normalized spacial score (nSPS) is 12.9. The van der Waals surface area contributed by atoms with Crippen LogP contribution in [0, 0.1) is 13.8 Å². The molecule has 0 amide bonds. The molecule has 0 saturated heterocycles. The summed E-state index contributed by atoms with van der Waals surface area (Å²) in [7, 11) is 0. The second-order valence-corrected chi connectivity index (χ2v) is 4.91. The SMILES string of the molecule is Cc1ccc(C)c(SC(C)CN)c1. The van der Waals surface area contributed by atoms with Crippen LogP contribution in [-0.2, 0) is 0 Å². The van der Waals surface area contributed by atoms with Crippen LogP contribution in [0.1, 0.15) is 18.1 Å². The maximum Gasteiger partial charge on any atom is 0.0189 e. The van der Waals surface area contributed by atoms with E-state index in [9.17, 15) is 0 Å². The number of rotatable bonds is 3. The van der Waals surface area contributed by atoms with Crippen molar-refractivity contribution in [2.24, 2.45) is 5.73 Å². The molecule has 2 heteroatoms. The van der Waals surface area contributed by atoms with Crippen LogP contribution in [0.4, 0.5) is 0 Å². The highest BCUT2D eigenvalue weighted by molar-refractivity contribution is 8.00. The van der Waals surface area contributed by atoms with Gasteiger partial charge in [0.25, 0.3) is 0 Å². The van der Waals surface area contributed by atoms with Gasteiger partial charge in [0.15, 0.2) is 0 Å². The van der Waals surface area contributed by atoms with Crippen molar-refractivity contribution in [3.8, 4) is 0 Å². The maximum absolute atomic E-state index is 5.59. The number of hydrogen-bond acceptors (Lipinski definition) is 2. The van der Waals surface area contributed by atoms with Crippen molar-refractivity contribution >= 4 is 11.8 Å². The molecule has 1 unspecified atom stereocenters. The molecule has 0 aliphatic carbocycles. The quantitative estimate of drug-likeness (QED) is 0.750. The van der Waals surface area contributed by atoms with Gasteiger partial charge in [0.05, 0.1) is 0 Å². The third-order valence-electron chi connectivity index (χ3n) is 2.00. The second kappa shape index (κ2) is 4.68. The summed E-state index contributed by atoms with van der Waals surface area (Å²) in [6.07, 6.45) is 0. The number of thioether (sulfide) groups is 1. The topological polar surface area (TPSA) is 26.0 Å². The molecule has 0 heterocycles. The smallest absolute Gasteiger partial charge is 0.0189 e. The first-order valence-corrected chi connectivity index (χ1v) is 5.45. The Labute approximate surface area is 84.7 Å². The molecule has 0 aliphatic rings. The lowest BCUT2D eigenvalue weighted by molar-refractivity contribution is 0.950. The lowest BCUT2D eigenvalue weighted by Gasteiger charge is -2.11. The zero-order valence-electron chi connectivity index (χ0n) is 8.50. The Morgan fingerprint density at radius 1 is 1.38 bits per heavy atom. The summed E-state index contributed by atoms with van der Waals surface area (Å²) in [6, 6.07) is 6.54. The largest absolute Gasteiger partial charge is 0.329 e. The predicted molar refractivity (Wildman–Crippen MR) is 60.3 cm³/mol. The fourth-order valence-electron chi connectivity index (χ4n) is 1.10. The van der Waals surface area contributed by atoms with Crippen molar-refractivity contribution in [1.29, 1.82) is 0 Å². The molecule has 0 bridgehead atoms. The van der Waals surface area contributed by atoms with Crippen LogP contribution in [0.2, 0.25) is 0 Å². The van der Waals surface area contributed by atoms with E-state index in [0.717, 1.165) is 6.54 Å². The molecule has 0 fully saturated rings. The van der Waals surface area contributed by atoms with Crippen LogP contribution >= 0.6 is 11.8 Å². The predicted octanol–water partition coefficient (Wildman–Crippen LogP) is 2.74. The van der Waals surface area contributed by atoms with E-state index in [2.05, 4.69) is 39.0 Å². The molecule has 72 valence electrons. The van der Waals surface area contributed by atoms with E-state index in [-0.39, 0.29) is 0 Å². The highest BCUT2D eigenvalue weighted by atomic mass is 32.2. The first-order valence-electron chi connectivity index (χ1n) is 4.57. The van der Waals surface area contributed by atoms with E-state index < -0.39 is 0 Å². The Kier molecular flexibility index (Phi) is 3.82. The third kappa shape index (κ3) is 3.05. The molecule has 1 rings (SSSR count). The van der Waals surface area contributed by atoms with Gasteiger partial charge >= 0.3 is 0 Å². The van der Waals surface area contributed by atoms with Gasteiger partial charge in [-0.15, -0.1) is 11.8 Å². The van der Waals surface area contributed by atoms with Gasteiger partial charge in [0.1, 0.15) is 0 Å². The lowest BCUT2D eigenvalue weighted by Crippen LogP contribution is -2.12. The van der Waals surface area contributed by atoms with Crippen LogP contribution in [0.25, 0.3) is 0 Å². The average Bonchev–Trinajstić information content (AvgIpc) is 2.11. The van der Waals surface area contributed by atoms with Gasteiger partial charge in [-0.3, -0.25) is 0 Å². The second-order valence-electron chi connectivity index (χ2n) is 3.43. The van der Waals surface area contributed by atoms with Crippen molar-refractivity contribution in [1.82, 2.24) is 0 Å². The molecule has 1 atom stereocenters. The maximum atomic E-state index is 5.59. The van der Waals surface area contributed by atoms with Gasteiger partial charge < -0.3 is 5.73 Å². The van der Waals surface area contributed by atoms with Crippen molar-refractivity contribution in [3.05, 3.63) is 29.3 Å². The van der Waals surface area contributed by atoms with E-state index in [1.165, 1.54) is 16.0 Å². The van der Waals surface area contributed by atoms with Crippen LogP contribution < -0.4 is 5.73 Å². The first kappa shape index (κ1) is 10.6. The molecule has 2 N–H and O–H groups in total. The Morgan fingerprint density at radius 2 is 2.08 bits per heavy atom. The number of nitrogens with two attached hydrogens (primary N) is 1. The molecule has 0 radical (unpaired) electrons. The summed E-state index contributed by atoms with van der Waals surface area (Å²) in [5.74, 6) is 0. The molecule has 1 nitrogen and oxygen atoms in total. The Morgan fingerprint density at radius 3 is 2.69 bits per heavy atom. The highest BCUT2D eigenvalue weighted by Gasteiger charge is 2.04. The van der Waals surface area contributed by atoms with E-state index in [4.69, 9.17) is 5.73 Å². The summed E-state index contributed by atoms with van der Waals surface area (Å²) < 4.78 is 0. The van der Waals surface area contributed by atoms with Crippen LogP contribution in [0.5, 0.6) is 0 Å². The molecule has 13 heavy (non-hydrogen) atoms. The zero-order chi connectivity index (χ0) is 9.84. The van der Waals surface area contributed by atoms with E-state index >= 15 is 0 Å². The fourth-order valence-corrected chi connectivity index (χ4v) is 2.14. The first-order chi connectivity index (χ1) is 6.13. The summed E-state index contributed by atoms with van der Waals surface area (Å²) in [6.45, 7) is 7.16. The average molecular weight is 195 g/mol. The summed E-state index contributed by atoms with van der Waals surface area (Å²) in [4.78, 5) is 1.36. The molecular weight excluding hydrogens is 178 g/mol. The van der Waals surface area contributed by atoms with E-state index in [1.54, 1.807) is 0 Å². The zero-order valence-corrected chi connectivity index (χ0v) is 9.32. The summed E-state index contributed by atoms with van der Waals surface area (Å²) >= 11 is 1.86. The van der Waals surface area contributed by atoms with Crippen LogP contribution in [0.3, 0.4) is 0 Å². The number of aryl methyl sites for hydroxylation is 2. The number of benzene rings is 1. The minimum absolute atomic E-state index is 0.500. The van der Waals surface area contributed by atoms with Gasteiger partial charge in [-0.1, -0.05) is 24.6 Å². The van der Waals surface area contributed by atoms with Gasteiger partial charge in [-0.2, -0.15) is 0 Å². The molecule has 0 aromatic heterocycles. The molecular formula is C11H17NS. The highest BCUT2D eigenvalue weighted by Crippen LogP contribution is 2.26. The Balaban J connectivity index is 2.81. The fraction of sp³-hybridized carbons (Fsp3) is 0.455. The van der Waals surface area contributed by atoms with Crippen molar-refractivity contribution in [2.45, 2.75) is 30.9 Å². The number of hydrogen-bond donors (Lipinski definition) is 1. The molecule has 0 aliphatic heterocycles. The standard InChI is InChI=1S/C11H17NS/c1-8-4-5-9(2)11(6-8)13-10(3)7-12/h4-6,10H,7,12H2,1-3H3. The van der Waals surface area contributed by atoms with E-state index in [0.29, 0.717) is 5.25 Å². The van der Waals surface area contributed by atoms with Gasteiger partial charge in [-0.25, -0.2) is 0 Å². The third-order valence-corrected chi connectivity index (χ3v) is 3.29. The molecule has 0 spiro atoms.